The van der Waals surface area contributed by atoms with Crippen LogP contribution in [0.15, 0.2) is 66.7 Å². The zero-order chi connectivity index (χ0) is 16.8. The highest BCUT2D eigenvalue weighted by Gasteiger charge is 2.30. The Hall–Kier alpha value is -3.07. The van der Waals surface area contributed by atoms with Gasteiger partial charge in [0.2, 0.25) is 5.91 Å². The van der Waals surface area contributed by atoms with Crippen LogP contribution in [0.2, 0.25) is 0 Å². The van der Waals surface area contributed by atoms with Crippen molar-refractivity contribution < 1.29 is 9.53 Å². The molecule has 122 valence electrons. The van der Waals surface area contributed by atoms with Crippen molar-refractivity contribution in [3.63, 3.8) is 0 Å². The summed E-state index contributed by atoms with van der Waals surface area (Å²) in [7, 11) is 0. The highest BCUT2D eigenvalue weighted by Crippen LogP contribution is 2.38. The Morgan fingerprint density at radius 3 is 2.68 bits per heavy atom. The van der Waals surface area contributed by atoms with Crippen LogP contribution in [0.1, 0.15) is 22.6 Å². The minimum absolute atomic E-state index is 0.0135. The van der Waals surface area contributed by atoms with E-state index in [0.717, 1.165) is 23.4 Å². The number of anilines is 1. The Morgan fingerprint density at radius 1 is 0.920 bits per heavy atom. The van der Waals surface area contributed by atoms with Crippen LogP contribution in [0.5, 0.6) is 5.75 Å². The summed E-state index contributed by atoms with van der Waals surface area (Å²) < 4.78 is 5.63. The Kier molecular flexibility index (Phi) is 3.14. The van der Waals surface area contributed by atoms with Crippen molar-refractivity contribution in [1.82, 2.24) is 0 Å². The number of hydrogen-bond donors (Lipinski definition) is 1. The van der Waals surface area contributed by atoms with Gasteiger partial charge in [-0.25, -0.2) is 0 Å². The van der Waals surface area contributed by atoms with E-state index in [0.29, 0.717) is 6.61 Å². The van der Waals surface area contributed by atoms with Gasteiger partial charge in [0, 0.05) is 11.3 Å². The summed E-state index contributed by atoms with van der Waals surface area (Å²) in [5.41, 5.74) is 6.99. The number of nitrogens with one attached hydrogen (secondary N) is 1. The maximum absolute atomic E-state index is 12.7. The lowest BCUT2D eigenvalue weighted by Crippen LogP contribution is -2.22. The topological polar surface area (TPSA) is 38.3 Å². The van der Waals surface area contributed by atoms with Gasteiger partial charge in [0.05, 0.1) is 0 Å². The lowest BCUT2D eigenvalue weighted by atomic mass is 10.00. The van der Waals surface area contributed by atoms with Crippen LogP contribution in [0.3, 0.4) is 0 Å². The fourth-order valence-electron chi connectivity index (χ4n) is 3.83. The molecule has 0 spiro atoms. The van der Waals surface area contributed by atoms with Crippen LogP contribution in [0, 0.1) is 0 Å². The molecular weight excluding hydrogens is 310 g/mol. The second-order valence-electron chi connectivity index (χ2n) is 6.60. The summed E-state index contributed by atoms with van der Waals surface area (Å²) in [6.07, 6.45) is 0.921. The van der Waals surface area contributed by atoms with E-state index in [-0.39, 0.29) is 11.8 Å². The normalized spacial score (nSPS) is 16.6. The number of benzene rings is 3. The molecule has 1 atom stereocenters. The molecule has 3 aromatic rings. The molecule has 0 saturated carbocycles. The minimum Gasteiger partial charge on any atom is -0.492 e. The van der Waals surface area contributed by atoms with Gasteiger partial charge < -0.3 is 10.1 Å². The van der Waals surface area contributed by atoms with Crippen molar-refractivity contribution in [2.24, 2.45) is 0 Å². The van der Waals surface area contributed by atoms with Crippen molar-refractivity contribution >= 4 is 11.6 Å². The molecule has 3 aromatic carbocycles. The summed E-state index contributed by atoms with van der Waals surface area (Å²) >= 11 is 0. The van der Waals surface area contributed by atoms with E-state index in [1.807, 2.05) is 30.3 Å². The number of carbonyl (C=O) groups is 1. The van der Waals surface area contributed by atoms with Crippen LogP contribution < -0.4 is 10.1 Å². The zero-order valence-corrected chi connectivity index (χ0v) is 13.7. The van der Waals surface area contributed by atoms with Gasteiger partial charge in [0.25, 0.3) is 0 Å². The second kappa shape index (κ2) is 5.49. The minimum atomic E-state index is -0.248. The standard InChI is InChI=1S/C22H17NO2/c24-22(20-13-25-21-8-4-3-7-19(20)21)23-16-9-10-18-15(12-16)11-14-5-1-2-6-17(14)18/h1-10,12,20H,11,13H2,(H,23,24). The Morgan fingerprint density at radius 2 is 1.72 bits per heavy atom. The van der Waals surface area contributed by atoms with Crippen molar-refractivity contribution in [3.05, 3.63) is 83.4 Å². The molecule has 3 nitrogen and oxygen atoms in total. The predicted molar refractivity (Wildman–Crippen MR) is 98.0 cm³/mol. The number of hydrogen-bond acceptors (Lipinski definition) is 2. The molecular formula is C22H17NO2. The third-order valence-electron chi connectivity index (χ3n) is 5.08. The number of rotatable bonds is 2. The maximum Gasteiger partial charge on any atom is 0.235 e. The van der Waals surface area contributed by atoms with Gasteiger partial charge in [0.1, 0.15) is 18.3 Å². The van der Waals surface area contributed by atoms with Gasteiger partial charge in [-0.2, -0.15) is 0 Å². The molecule has 1 aliphatic heterocycles. The molecule has 0 radical (unpaired) electrons. The SMILES string of the molecule is O=C(Nc1ccc2c(c1)Cc1ccccc1-2)C1COc2ccccc21. The first-order valence-corrected chi connectivity index (χ1v) is 8.53. The smallest absolute Gasteiger partial charge is 0.235 e. The highest BCUT2D eigenvalue weighted by atomic mass is 16.5. The summed E-state index contributed by atoms with van der Waals surface area (Å²) in [6, 6.07) is 22.4. The van der Waals surface area contributed by atoms with E-state index in [1.165, 1.54) is 22.3 Å². The summed E-state index contributed by atoms with van der Waals surface area (Å²) in [4.78, 5) is 12.7. The Labute approximate surface area is 146 Å². The highest BCUT2D eigenvalue weighted by molar-refractivity contribution is 5.97. The van der Waals surface area contributed by atoms with Crippen molar-refractivity contribution in [2.45, 2.75) is 12.3 Å². The van der Waals surface area contributed by atoms with Gasteiger partial charge in [-0.3, -0.25) is 4.79 Å². The van der Waals surface area contributed by atoms with Gasteiger partial charge in [0.15, 0.2) is 0 Å². The van der Waals surface area contributed by atoms with Crippen molar-refractivity contribution in [2.75, 3.05) is 11.9 Å². The van der Waals surface area contributed by atoms with Crippen LogP contribution in [-0.4, -0.2) is 12.5 Å². The van der Waals surface area contributed by atoms with E-state index >= 15 is 0 Å². The first-order valence-electron chi connectivity index (χ1n) is 8.53. The Balaban J connectivity index is 1.39. The zero-order valence-electron chi connectivity index (χ0n) is 13.7. The number of amides is 1. The third kappa shape index (κ3) is 2.31. The summed E-state index contributed by atoms with van der Waals surface area (Å²) in [6.45, 7) is 0.404. The summed E-state index contributed by atoms with van der Waals surface area (Å²) in [5.74, 6) is 0.550. The number of para-hydroxylation sites is 1. The average Bonchev–Trinajstić information content (AvgIpc) is 3.22. The molecule has 1 heterocycles. The lowest BCUT2D eigenvalue weighted by Gasteiger charge is -2.11. The van der Waals surface area contributed by atoms with E-state index in [1.54, 1.807) is 0 Å². The third-order valence-corrected chi connectivity index (χ3v) is 5.08. The molecule has 2 aliphatic rings. The first-order chi connectivity index (χ1) is 12.3. The predicted octanol–water partition coefficient (Wildman–Crippen LogP) is 4.37. The maximum atomic E-state index is 12.7. The number of fused-ring (bicyclic) bond motifs is 4. The molecule has 3 heteroatoms. The number of carbonyl (C=O) groups excluding carboxylic acids is 1. The van der Waals surface area contributed by atoms with E-state index in [4.69, 9.17) is 4.74 Å². The van der Waals surface area contributed by atoms with Gasteiger partial charge in [-0.15, -0.1) is 0 Å². The van der Waals surface area contributed by atoms with Crippen molar-refractivity contribution in [1.29, 1.82) is 0 Å². The molecule has 0 fully saturated rings. The van der Waals surface area contributed by atoms with Gasteiger partial charge in [-0.05, 0) is 46.9 Å². The Bertz CT molecular complexity index is 993. The van der Waals surface area contributed by atoms with Crippen LogP contribution in [0.25, 0.3) is 11.1 Å². The molecule has 0 bridgehead atoms. The fraction of sp³-hybridized carbons (Fsp3) is 0.136. The van der Waals surface area contributed by atoms with Crippen LogP contribution in [-0.2, 0) is 11.2 Å². The van der Waals surface area contributed by atoms with Gasteiger partial charge in [-0.1, -0.05) is 48.5 Å². The quantitative estimate of drug-likeness (QED) is 0.593. The molecule has 5 rings (SSSR count). The average molecular weight is 327 g/mol. The van der Waals surface area contributed by atoms with Gasteiger partial charge >= 0.3 is 0 Å². The lowest BCUT2D eigenvalue weighted by molar-refractivity contribution is -0.117. The number of ether oxygens (including phenoxy) is 1. The molecule has 1 unspecified atom stereocenters. The largest absolute Gasteiger partial charge is 0.492 e. The van der Waals surface area contributed by atoms with Crippen molar-refractivity contribution in [3.8, 4) is 16.9 Å². The monoisotopic (exact) mass is 327 g/mol. The van der Waals surface area contributed by atoms with E-state index < -0.39 is 0 Å². The van der Waals surface area contributed by atoms with E-state index in [2.05, 4.69) is 41.7 Å². The molecule has 0 saturated heterocycles. The molecule has 1 amide bonds. The van der Waals surface area contributed by atoms with E-state index in [9.17, 15) is 4.79 Å². The molecule has 25 heavy (non-hydrogen) atoms. The van der Waals surface area contributed by atoms with Crippen LogP contribution >= 0.6 is 0 Å². The molecule has 0 aromatic heterocycles. The summed E-state index contributed by atoms with van der Waals surface area (Å²) in [5, 5.41) is 3.06. The first kappa shape index (κ1) is 14.3. The second-order valence-corrected chi connectivity index (χ2v) is 6.60. The molecule has 1 aliphatic carbocycles. The fourth-order valence-corrected chi connectivity index (χ4v) is 3.83. The molecule has 1 N–H and O–H groups in total. The van der Waals surface area contributed by atoms with Crippen LogP contribution in [0.4, 0.5) is 5.69 Å².